The summed E-state index contributed by atoms with van der Waals surface area (Å²) in [5, 5.41) is 9.21. The maximum Gasteiger partial charge on any atom is 0.351 e. The third-order valence-corrected chi connectivity index (χ3v) is 3.05. The van der Waals surface area contributed by atoms with E-state index in [0.717, 1.165) is 6.20 Å². The minimum Gasteiger partial charge on any atom is -0.393 e. The number of nitrogens with zero attached hydrogens (tertiary/aromatic N) is 2. The van der Waals surface area contributed by atoms with Crippen molar-refractivity contribution in [3.05, 3.63) is 35.2 Å². The highest BCUT2D eigenvalue weighted by Crippen LogP contribution is 2.38. The Morgan fingerprint density at radius 1 is 1.79 bits per heavy atom. The van der Waals surface area contributed by atoms with E-state index in [0.29, 0.717) is 4.57 Å². The molecule has 3 atom stereocenters. The molecule has 1 fully saturated rings. The Kier molecular flexibility index (Phi) is 3.38. The molecule has 6 nitrogen and oxygen atoms in total. The first-order chi connectivity index (χ1) is 8.92. The van der Waals surface area contributed by atoms with Gasteiger partial charge in [0.05, 0.1) is 12.8 Å². The van der Waals surface area contributed by atoms with Crippen LogP contribution in [0.2, 0.25) is 0 Å². The quantitative estimate of drug-likeness (QED) is 0.764. The normalized spacial score (nSPS) is 30.5. The van der Waals surface area contributed by atoms with Crippen LogP contribution in [0.4, 0.5) is 14.6 Å². The van der Waals surface area contributed by atoms with Gasteiger partial charge in [-0.1, -0.05) is 6.08 Å². The van der Waals surface area contributed by atoms with Crippen LogP contribution in [-0.4, -0.2) is 33.0 Å². The molecule has 0 aromatic carbocycles. The van der Waals surface area contributed by atoms with Gasteiger partial charge in [-0.15, -0.1) is 6.58 Å². The van der Waals surface area contributed by atoms with Crippen LogP contribution in [0.5, 0.6) is 0 Å². The summed E-state index contributed by atoms with van der Waals surface area (Å²) in [6, 6.07) is 0. The Morgan fingerprint density at radius 3 is 3.00 bits per heavy atom. The Balaban J connectivity index is 2.41. The highest BCUT2D eigenvalue weighted by Gasteiger charge is 2.46. The summed E-state index contributed by atoms with van der Waals surface area (Å²) in [5.74, 6) is -1.51. The summed E-state index contributed by atoms with van der Waals surface area (Å²) in [4.78, 5) is 14.8. The fourth-order valence-corrected chi connectivity index (χ4v) is 1.96. The second-order valence-corrected chi connectivity index (χ2v) is 4.32. The van der Waals surface area contributed by atoms with Gasteiger partial charge >= 0.3 is 5.69 Å². The lowest BCUT2D eigenvalue weighted by Gasteiger charge is -2.23. The Labute approximate surface area is 107 Å². The molecule has 3 unspecified atom stereocenters. The van der Waals surface area contributed by atoms with E-state index in [1.54, 1.807) is 0 Å². The molecular formula is C11H13F2N3O3. The molecule has 0 saturated carbocycles. The summed E-state index contributed by atoms with van der Waals surface area (Å²) in [6.45, 7) is 2.96. The molecule has 1 aliphatic rings. The number of nitrogens with two attached hydrogens (primary N) is 1. The number of ether oxygens (including phenoxy) is 1. The summed E-state index contributed by atoms with van der Waals surface area (Å²) in [6.07, 6.45) is -1.17. The van der Waals surface area contributed by atoms with E-state index in [1.165, 1.54) is 6.08 Å². The standard InChI is InChI=1S/C11H13F2N3O3/c1-2-11(5-17)3-6(12)9(19-11)16-4-7(13)8(14)15-10(16)18/h2,4,6,9,17H,1,3,5H2,(H2,14,15,18). The van der Waals surface area contributed by atoms with Gasteiger partial charge in [0.1, 0.15) is 11.8 Å². The number of aliphatic hydroxyl groups excluding tert-OH is 1. The molecule has 0 spiro atoms. The third kappa shape index (κ3) is 2.24. The van der Waals surface area contributed by atoms with E-state index in [9.17, 15) is 18.7 Å². The minimum absolute atomic E-state index is 0.184. The van der Waals surface area contributed by atoms with Gasteiger partial charge < -0.3 is 15.6 Å². The van der Waals surface area contributed by atoms with Gasteiger partial charge in [-0.3, -0.25) is 4.57 Å². The number of halogens is 2. The predicted molar refractivity (Wildman–Crippen MR) is 62.5 cm³/mol. The highest BCUT2D eigenvalue weighted by atomic mass is 19.1. The number of aliphatic hydroxyl groups is 1. The van der Waals surface area contributed by atoms with Crippen LogP contribution in [0.3, 0.4) is 0 Å². The second kappa shape index (κ2) is 4.71. The molecule has 1 saturated heterocycles. The molecule has 0 amide bonds. The van der Waals surface area contributed by atoms with Gasteiger partial charge in [0, 0.05) is 6.42 Å². The molecule has 1 aromatic rings. The third-order valence-electron chi connectivity index (χ3n) is 3.05. The van der Waals surface area contributed by atoms with Crippen LogP contribution < -0.4 is 11.4 Å². The van der Waals surface area contributed by atoms with Gasteiger partial charge in [-0.25, -0.2) is 13.6 Å². The van der Waals surface area contributed by atoms with E-state index in [2.05, 4.69) is 11.6 Å². The van der Waals surface area contributed by atoms with Gasteiger partial charge in [-0.05, 0) is 0 Å². The zero-order valence-corrected chi connectivity index (χ0v) is 9.92. The van der Waals surface area contributed by atoms with Crippen LogP contribution in [0.1, 0.15) is 12.6 Å². The van der Waals surface area contributed by atoms with Crippen molar-refractivity contribution < 1.29 is 18.6 Å². The fraction of sp³-hybridized carbons (Fsp3) is 0.455. The first kappa shape index (κ1) is 13.6. The molecule has 0 radical (unpaired) electrons. The number of alkyl halides is 1. The number of hydrogen-bond donors (Lipinski definition) is 2. The number of hydrogen-bond acceptors (Lipinski definition) is 5. The van der Waals surface area contributed by atoms with Crippen molar-refractivity contribution in [2.45, 2.75) is 24.4 Å². The number of nitrogen functional groups attached to an aromatic ring is 1. The van der Waals surface area contributed by atoms with Gasteiger partial charge in [-0.2, -0.15) is 4.98 Å². The van der Waals surface area contributed by atoms with Crippen molar-refractivity contribution in [3.63, 3.8) is 0 Å². The average Bonchev–Trinajstić information content (AvgIpc) is 2.72. The maximum atomic E-state index is 13.9. The van der Waals surface area contributed by atoms with Crippen molar-refractivity contribution >= 4 is 5.82 Å². The molecule has 1 aliphatic heterocycles. The van der Waals surface area contributed by atoms with Crippen LogP contribution in [0.15, 0.2) is 23.6 Å². The molecule has 8 heteroatoms. The first-order valence-electron chi connectivity index (χ1n) is 5.53. The summed E-state index contributed by atoms with van der Waals surface area (Å²) >= 11 is 0. The number of anilines is 1. The van der Waals surface area contributed by atoms with Crippen LogP contribution in [0, 0.1) is 5.82 Å². The Morgan fingerprint density at radius 2 is 2.47 bits per heavy atom. The van der Waals surface area contributed by atoms with E-state index in [-0.39, 0.29) is 6.42 Å². The second-order valence-electron chi connectivity index (χ2n) is 4.32. The van der Waals surface area contributed by atoms with E-state index < -0.39 is 41.9 Å². The van der Waals surface area contributed by atoms with Crippen LogP contribution >= 0.6 is 0 Å². The van der Waals surface area contributed by atoms with E-state index in [4.69, 9.17) is 10.5 Å². The average molecular weight is 273 g/mol. The summed E-state index contributed by atoms with van der Waals surface area (Å²) < 4.78 is 33.2. The van der Waals surface area contributed by atoms with Crippen LogP contribution in [-0.2, 0) is 4.74 Å². The number of rotatable bonds is 3. The molecule has 1 aromatic heterocycles. The zero-order valence-electron chi connectivity index (χ0n) is 9.92. The van der Waals surface area contributed by atoms with Crippen molar-refractivity contribution in [3.8, 4) is 0 Å². The predicted octanol–water partition coefficient (Wildman–Crippen LogP) is 0.139. The molecule has 2 heterocycles. The Hall–Kier alpha value is -1.80. The smallest absolute Gasteiger partial charge is 0.351 e. The van der Waals surface area contributed by atoms with Crippen LogP contribution in [0.25, 0.3) is 0 Å². The SMILES string of the molecule is C=CC1(CO)CC(F)C(n2cc(F)c(N)nc2=O)O1. The lowest BCUT2D eigenvalue weighted by Crippen LogP contribution is -2.34. The first-order valence-corrected chi connectivity index (χ1v) is 5.53. The molecule has 0 aliphatic carbocycles. The van der Waals surface area contributed by atoms with E-state index >= 15 is 0 Å². The van der Waals surface area contributed by atoms with Crippen molar-refractivity contribution in [1.82, 2.24) is 9.55 Å². The largest absolute Gasteiger partial charge is 0.393 e. The van der Waals surface area contributed by atoms with Crippen molar-refractivity contribution in [1.29, 1.82) is 0 Å². The van der Waals surface area contributed by atoms with Crippen molar-refractivity contribution in [2.75, 3.05) is 12.3 Å². The topological polar surface area (TPSA) is 90.4 Å². The van der Waals surface area contributed by atoms with Gasteiger partial charge in [0.2, 0.25) is 0 Å². The molecule has 2 rings (SSSR count). The summed E-state index contributed by atoms with van der Waals surface area (Å²) in [7, 11) is 0. The minimum atomic E-state index is -1.60. The lowest BCUT2D eigenvalue weighted by molar-refractivity contribution is -0.0795. The monoisotopic (exact) mass is 273 g/mol. The number of aromatic nitrogens is 2. The zero-order chi connectivity index (χ0) is 14.2. The van der Waals surface area contributed by atoms with Gasteiger partial charge in [0.15, 0.2) is 17.9 Å². The highest BCUT2D eigenvalue weighted by molar-refractivity contribution is 5.26. The van der Waals surface area contributed by atoms with Gasteiger partial charge in [0.25, 0.3) is 0 Å². The fourth-order valence-electron chi connectivity index (χ4n) is 1.96. The molecule has 104 valence electrons. The summed E-state index contributed by atoms with van der Waals surface area (Å²) in [5.41, 5.74) is 2.92. The maximum absolute atomic E-state index is 13.9. The lowest BCUT2D eigenvalue weighted by atomic mass is 10.0. The molecule has 0 bridgehead atoms. The Bertz CT molecular complexity index is 563. The molecule has 19 heavy (non-hydrogen) atoms. The van der Waals surface area contributed by atoms with Crippen molar-refractivity contribution in [2.24, 2.45) is 0 Å². The molecular weight excluding hydrogens is 260 g/mol. The van der Waals surface area contributed by atoms with E-state index in [1.807, 2.05) is 0 Å². The molecule has 3 N–H and O–H groups in total.